The number of hydrogen-bond donors (Lipinski definition) is 0. The van der Waals surface area contributed by atoms with E-state index in [1.807, 2.05) is 0 Å². The summed E-state index contributed by atoms with van der Waals surface area (Å²) in [6.45, 7) is 11.3. The smallest absolute Gasteiger partial charge is 0.135 e. The first kappa shape index (κ1) is 11.7. The van der Waals surface area contributed by atoms with E-state index in [-0.39, 0.29) is 10.8 Å². The van der Waals surface area contributed by atoms with Crippen LogP contribution in [0.25, 0.3) is 0 Å². The van der Waals surface area contributed by atoms with Gasteiger partial charge < -0.3 is 0 Å². The van der Waals surface area contributed by atoms with Crippen LogP contribution < -0.4 is 0 Å². The van der Waals surface area contributed by atoms with Gasteiger partial charge in [0, 0.05) is 12.3 Å². The van der Waals surface area contributed by atoms with Gasteiger partial charge in [0.1, 0.15) is 5.78 Å². The van der Waals surface area contributed by atoms with E-state index in [9.17, 15) is 4.79 Å². The quantitative estimate of drug-likeness (QED) is 0.668. The SMILES string of the molecule is CC(C)(C)C(C)(C)CCC(=O)C1CC1. The molecule has 0 unspecified atom stereocenters. The predicted molar refractivity (Wildman–Crippen MR) is 60.2 cm³/mol. The van der Waals surface area contributed by atoms with Gasteiger partial charge in [-0.25, -0.2) is 0 Å². The Morgan fingerprint density at radius 1 is 1.14 bits per heavy atom. The van der Waals surface area contributed by atoms with Crippen molar-refractivity contribution in [2.75, 3.05) is 0 Å². The van der Waals surface area contributed by atoms with Crippen molar-refractivity contribution in [2.24, 2.45) is 16.7 Å². The minimum absolute atomic E-state index is 0.261. The minimum atomic E-state index is 0.261. The molecule has 1 nitrogen and oxygen atoms in total. The summed E-state index contributed by atoms with van der Waals surface area (Å²) in [6.07, 6.45) is 4.12. The lowest BCUT2D eigenvalue weighted by atomic mass is 9.66. The normalized spacial score (nSPS) is 18.4. The summed E-state index contributed by atoms with van der Waals surface area (Å²) in [6, 6.07) is 0. The second-order valence-electron chi connectivity index (χ2n) is 6.37. The highest BCUT2D eigenvalue weighted by Crippen LogP contribution is 2.42. The molecule has 1 fully saturated rings. The second-order valence-corrected chi connectivity index (χ2v) is 6.37. The van der Waals surface area contributed by atoms with E-state index in [0.717, 1.165) is 25.7 Å². The lowest BCUT2D eigenvalue weighted by molar-refractivity contribution is -0.121. The zero-order chi connectivity index (χ0) is 11.0. The van der Waals surface area contributed by atoms with Crippen LogP contribution in [0.15, 0.2) is 0 Å². The first-order valence-corrected chi connectivity index (χ1v) is 5.77. The number of hydrogen-bond acceptors (Lipinski definition) is 1. The van der Waals surface area contributed by atoms with Crippen molar-refractivity contribution < 1.29 is 4.79 Å². The van der Waals surface area contributed by atoms with Gasteiger partial charge in [-0.1, -0.05) is 34.6 Å². The van der Waals surface area contributed by atoms with Gasteiger partial charge in [-0.15, -0.1) is 0 Å². The van der Waals surface area contributed by atoms with Gasteiger partial charge in [0.05, 0.1) is 0 Å². The van der Waals surface area contributed by atoms with Crippen molar-refractivity contribution in [3.8, 4) is 0 Å². The molecule has 82 valence electrons. The first-order chi connectivity index (χ1) is 6.24. The number of ketones is 1. The van der Waals surface area contributed by atoms with Crippen molar-refractivity contribution in [1.29, 1.82) is 0 Å². The maximum atomic E-state index is 11.6. The van der Waals surface area contributed by atoms with Crippen LogP contribution in [0.3, 0.4) is 0 Å². The van der Waals surface area contributed by atoms with Crippen LogP contribution in [-0.4, -0.2) is 5.78 Å². The van der Waals surface area contributed by atoms with Crippen LogP contribution in [0.2, 0.25) is 0 Å². The highest BCUT2D eigenvalue weighted by atomic mass is 16.1. The van der Waals surface area contributed by atoms with E-state index in [0.29, 0.717) is 11.7 Å². The average Bonchev–Trinajstić information content (AvgIpc) is 2.80. The van der Waals surface area contributed by atoms with E-state index >= 15 is 0 Å². The lowest BCUT2D eigenvalue weighted by Crippen LogP contribution is -2.30. The van der Waals surface area contributed by atoms with E-state index < -0.39 is 0 Å². The Morgan fingerprint density at radius 2 is 1.64 bits per heavy atom. The highest BCUT2D eigenvalue weighted by molar-refractivity contribution is 5.83. The van der Waals surface area contributed by atoms with E-state index in [1.165, 1.54) is 0 Å². The third-order valence-electron chi connectivity index (χ3n) is 4.06. The number of rotatable bonds is 4. The minimum Gasteiger partial charge on any atom is -0.299 e. The maximum Gasteiger partial charge on any atom is 0.135 e. The monoisotopic (exact) mass is 196 g/mol. The summed E-state index contributed by atoms with van der Waals surface area (Å²) in [5.74, 6) is 0.938. The molecule has 0 heterocycles. The molecule has 0 aromatic heterocycles. The molecule has 1 saturated carbocycles. The molecule has 0 N–H and O–H groups in total. The van der Waals surface area contributed by atoms with Crippen LogP contribution in [0.5, 0.6) is 0 Å². The maximum absolute atomic E-state index is 11.6. The van der Waals surface area contributed by atoms with Crippen LogP contribution in [0.4, 0.5) is 0 Å². The molecule has 0 spiro atoms. The molecule has 0 aliphatic heterocycles. The third-order valence-corrected chi connectivity index (χ3v) is 4.06. The van der Waals surface area contributed by atoms with Crippen molar-refractivity contribution in [1.82, 2.24) is 0 Å². The Kier molecular flexibility index (Phi) is 3.08. The molecule has 0 aromatic carbocycles. The van der Waals surface area contributed by atoms with Crippen molar-refractivity contribution in [3.63, 3.8) is 0 Å². The summed E-state index contributed by atoms with van der Waals surface area (Å²) in [4.78, 5) is 11.6. The zero-order valence-corrected chi connectivity index (χ0v) is 10.3. The standard InChI is InChI=1S/C13H24O/c1-12(2,3)13(4,5)9-8-11(14)10-6-7-10/h10H,6-9H2,1-5H3. The molecule has 0 bridgehead atoms. The molecule has 14 heavy (non-hydrogen) atoms. The van der Waals surface area contributed by atoms with Crippen LogP contribution in [0, 0.1) is 16.7 Å². The van der Waals surface area contributed by atoms with Crippen LogP contribution in [-0.2, 0) is 4.79 Å². The average molecular weight is 196 g/mol. The third kappa shape index (κ3) is 2.83. The number of carbonyl (C=O) groups is 1. The van der Waals surface area contributed by atoms with Gasteiger partial charge >= 0.3 is 0 Å². The van der Waals surface area contributed by atoms with Gasteiger partial charge in [0.25, 0.3) is 0 Å². The van der Waals surface area contributed by atoms with Gasteiger partial charge in [0.2, 0.25) is 0 Å². The Bertz CT molecular complexity index is 216. The molecule has 0 saturated heterocycles. The summed E-state index contributed by atoms with van der Waals surface area (Å²) < 4.78 is 0. The van der Waals surface area contributed by atoms with Crippen molar-refractivity contribution in [3.05, 3.63) is 0 Å². The van der Waals surface area contributed by atoms with E-state index in [2.05, 4.69) is 34.6 Å². The summed E-state index contributed by atoms with van der Waals surface area (Å²) in [5.41, 5.74) is 0.550. The topological polar surface area (TPSA) is 17.1 Å². The molecule has 0 aromatic rings. The predicted octanol–water partition coefficient (Wildman–Crippen LogP) is 3.82. The zero-order valence-electron chi connectivity index (χ0n) is 10.3. The van der Waals surface area contributed by atoms with Crippen LogP contribution >= 0.6 is 0 Å². The van der Waals surface area contributed by atoms with E-state index in [1.54, 1.807) is 0 Å². The van der Waals surface area contributed by atoms with E-state index in [4.69, 9.17) is 0 Å². The van der Waals surface area contributed by atoms with Crippen molar-refractivity contribution in [2.45, 2.75) is 60.3 Å². The molecular formula is C13H24O. The molecule has 1 aliphatic rings. The molecule has 0 atom stereocenters. The Morgan fingerprint density at radius 3 is 2.00 bits per heavy atom. The Hall–Kier alpha value is -0.330. The molecule has 0 radical (unpaired) electrons. The van der Waals surface area contributed by atoms with Gasteiger partial charge in [-0.2, -0.15) is 0 Å². The first-order valence-electron chi connectivity index (χ1n) is 5.77. The van der Waals surface area contributed by atoms with Crippen molar-refractivity contribution >= 4 is 5.78 Å². The van der Waals surface area contributed by atoms with Gasteiger partial charge in [-0.05, 0) is 30.1 Å². The largest absolute Gasteiger partial charge is 0.299 e. The lowest BCUT2D eigenvalue weighted by Gasteiger charge is -2.39. The van der Waals surface area contributed by atoms with Gasteiger partial charge in [-0.3, -0.25) is 4.79 Å². The number of carbonyl (C=O) groups excluding carboxylic acids is 1. The summed E-state index contributed by atoms with van der Waals surface area (Å²) in [5, 5.41) is 0. The Labute approximate surface area is 88.3 Å². The highest BCUT2D eigenvalue weighted by Gasteiger charge is 2.35. The number of Topliss-reactive ketones (excluding diaryl/α,β-unsaturated/α-hetero) is 1. The molecule has 0 amide bonds. The fourth-order valence-corrected chi connectivity index (χ4v) is 1.42. The fourth-order valence-electron chi connectivity index (χ4n) is 1.42. The summed E-state index contributed by atoms with van der Waals surface area (Å²) in [7, 11) is 0. The molecule has 1 heteroatoms. The summed E-state index contributed by atoms with van der Waals surface area (Å²) >= 11 is 0. The Balaban J connectivity index is 2.39. The van der Waals surface area contributed by atoms with Gasteiger partial charge in [0.15, 0.2) is 0 Å². The van der Waals surface area contributed by atoms with Crippen LogP contribution in [0.1, 0.15) is 60.3 Å². The molecule has 1 aliphatic carbocycles. The second kappa shape index (κ2) is 3.67. The fraction of sp³-hybridized carbons (Fsp3) is 0.923. The molecule has 1 rings (SSSR count). The molecular weight excluding hydrogens is 172 g/mol.